The minimum atomic E-state index is 0.0319. The van der Waals surface area contributed by atoms with Crippen molar-refractivity contribution in [1.29, 1.82) is 0 Å². The highest BCUT2D eigenvalue weighted by Crippen LogP contribution is 2.44. The quantitative estimate of drug-likeness (QED) is 0.457. The summed E-state index contributed by atoms with van der Waals surface area (Å²) in [4.78, 5) is 3.46. The molecule has 0 spiro atoms. The molecule has 0 N–H and O–H groups in total. The molecular formula is C12H20BNS. The summed E-state index contributed by atoms with van der Waals surface area (Å²) in [5, 5.41) is 0.0319. The van der Waals surface area contributed by atoms with Crippen molar-refractivity contribution < 1.29 is 0 Å². The van der Waals surface area contributed by atoms with Crippen molar-refractivity contribution >= 4 is 25.1 Å². The summed E-state index contributed by atoms with van der Waals surface area (Å²) in [6.45, 7) is 2.21. The smallest absolute Gasteiger partial charge is 0.0782 e. The van der Waals surface area contributed by atoms with Gasteiger partial charge >= 0.3 is 0 Å². The van der Waals surface area contributed by atoms with Crippen LogP contribution in [0.15, 0.2) is 0 Å². The molecule has 3 heteroatoms. The molecule has 1 heterocycles. The molecule has 0 aromatic rings. The van der Waals surface area contributed by atoms with E-state index in [9.17, 15) is 0 Å². The van der Waals surface area contributed by atoms with Gasteiger partial charge in [0.25, 0.3) is 0 Å². The normalized spacial score (nSPS) is 42.3. The molecule has 0 aromatic carbocycles. The van der Waals surface area contributed by atoms with E-state index in [4.69, 9.17) is 20.1 Å². The predicted molar refractivity (Wildman–Crippen MR) is 69.5 cm³/mol. The maximum absolute atomic E-state index is 6.33. The highest BCUT2D eigenvalue weighted by molar-refractivity contribution is 7.80. The minimum absolute atomic E-state index is 0.0319. The van der Waals surface area contributed by atoms with Gasteiger partial charge in [0.1, 0.15) is 0 Å². The lowest BCUT2D eigenvalue weighted by Gasteiger charge is -2.35. The molecule has 2 rings (SSSR count). The zero-order chi connectivity index (χ0) is 11.1. The number of hydrogen-bond acceptors (Lipinski definition) is 1. The van der Waals surface area contributed by atoms with E-state index < -0.39 is 0 Å². The first-order chi connectivity index (χ1) is 6.99. The van der Waals surface area contributed by atoms with Crippen LogP contribution in [0.1, 0.15) is 45.4 Å². The molecule has 2 fully saturated rings. The van der Waals surface area contributed by atoms with Gasteiger partial charge in [-0.05, 0) is 12.3 Å². The maximum atomic E-state index is 6.33. The lowest BCUT2D eigenvalue weighted by Crippen LogP contribution is -2.33. The van der Waals surface area contributed by atoms with Crippen molar-refractivity contribution in [2.45, 2.75) is 56.8 Å². The first-order valence-electron chi connectivity index (χ1n) is 6.04. The fraction of sp³-hybridized carbons (Fsp3) is 0.917. The third kappa shape index (κ3) is 2.38. The summed E-state index contributed by atoms with van der Waals surface area (Å²) in [7, 11) is 8.49. The van der Waals surface area contributed by atoms with Crippen molar-refractivity contribution in [2.24, 2.45) is 5.92 Å². The van der Waals surface area contributed by atoms with E-state index in [1.54, 1.807) is 0 Å². The SMILES string of the molecule is [B]C1(C)CCCCC2[C@@H](CC(=S)N2C)C1. The van der Waals surface area contributed by atoms with Crippen LogP contribution >= 0.6 is 12.2 Å². The van der Waals surface area contributed by atoms with Crippen LogP contribution in [0, 0.1) is 5.92 Å². The van der Waals surface area contributed by atoms with Gasteiger partial charge in [-0.25, -0.2) is 0 Å². The molecule has 1 aliphatic carbocycles. The van der Waals surface area contributed by atoms with Gasteiger partial charge in [0.15, 0.2) is 0 Å². The van der Waals surface area contributed by atoms with Crippen molar-refractivity contribution in [2.75, 3.05) is 7.05 Å². The molecule has 2 unspecified atom stereocenters. The van der Waals surface area contributed by atoms with Crippen LogP contribution in [-0.4, -0.2) is 30.8 Å². The lowest BCUT2D eigenvalue weighted by atomic mass is 9.60. The number of hydrogen-bond donors (Lipinski definition) is 0. The average Bonchev–Trinajstić information content (AvgIpc) is 2.35. The third-order valence-electron chi connectivity index (χ3n) is 4.10. The summed E-state index contributed by atoms with van der Waals surface area (Å²) < 4.78 is 0. The van der Waals surface area contributed by atoms with E-state index in [0.29, 0.717) is 12.0 Å². The molecule has 2 radical (unpaired) electrons. The van der Waals surface area contributed by atoms with E-state index in [1.807, 2.05) is 0 Å². The number of rotatable bonds is 0. The van der Waals surface area contributed by atoms with Crippen LogP contribution in [0.4, 0.5) is 0 Å². The van der Waals surface area contributed by atoms with Crippen LogP contribution < -0.4 is 0 Å². The van der Waals surface area contributed by atoms with Crippen LogP contribution in [-0.2, 0) is 0 Å². The Morgan fingerprint density at radius 2 is 2.20 bits per heavy atom. The Morgan fingerprint density at radius 1 is 1.47 bits per heavy atom. The average molecular weight is 221 g/mol. The Balaban J connectivity index is 2.13. The van der Waals surface area contributed by atoms with Crippen LogP contribution in [0.2, 0.25) is 5.31 Å². The molecule has 0 aromatic heterocycles. The molecule has 82 valence electrons. The topological polar surface area (TPSA) is 3.24 Å². The molecule has 1 saturated heterocycles. The molecule has 1 nitrogen and oxygen atoms in total. The molecule has 15 heavy (non-hydrogen) atoms. The number of nitrogens with zero attached hydrogens (tertiary/aromatic N) is 1. The summed E-state index contributed by atoms with van der Waals surface area (Å²) >= 11 is 5.40. The van der Waals surface area contributed by atoms with E-state index in [-0.39, 0.29) is 5.31 Å². The van der Waals surface area contributed by atoms with Crippen molar-refractivity contribution in [3.63, 3.8) is 0 Å². The third-order valence-corrected chi connectivity index (χ3v) is 4.55. The van der Waals surface area contributed by atoms with Crippen LogP contribution in [0.5, 0.6) is 0 Å². The number of likely N-dealkylation sites (tertiary alicyclic amines) is 1. The molecule has 2 aliphatic rings. The summed E-state index contributed by atoms with van der Waals surface area (Å²) in [6, 6.07) is 0.667. The molecule has 3 atom stereocenters. The van der Waals surface area contributed by atoms with E-state index in [2.05, 4.69) is 18.9 Å². The highest BCUT2D eigenvalue weighted by Gasteiger charge is 2.38. The van der Waals surface area contributed by atoms with Gasteiger partial charge in [-0.1, -0.05) is 50.1 Å². The monoisotopic (exact) mass is 221 g/mol. The van der Waals surface area contributed by atoms with Crippen molar-refractivity contribution in [3.05, 3.63) is 0 Å². The van der Waals surface area contributed by atoms with Crippen molar-refractivity contribution in [3.8, 4) is 0 Å². The zero-order valence-corrected chi connectivity index (χ0v) is 10.6. The summed E-state index contributed by atoms with van der Waals surface area (Å²) in [6.07, 6.45) is 7.28. The molecule has 1 aliphatic heterocycles. The highest BCUT2D eigenvalue weighted by atomic mass is 32.1. The second kappa shape index (κ2) is 4.08. The fourth-order valence-electron chi connectivity index (χ4n) is 3.23. The van der Waals surface area contributed by atoms with Crippen molar-refractivity contribution in [1.82, 2.24) is 4.90 Å². The minimum Gasteiger partial charge on any atom is -0.366 e. The number of fused-ring (bicyclic) bond motifs is 1. The fourth-order valence-corrected chi connectivity index (χ4v) is 3.58. The maximum Gasteiger partial charge on any atom is 0.0782 e. The van der Waals surface area contributed by atoms with Gasteiger partial charge in [-0.15, -0.1) is 0 Å². The van der Waals surface area contributed by atoms with Crippen LogP contribution in [0.25, 0.3) is 0 Å². The molecular weight excluding hydrogens is 201 g/mol. The largest absolute Gasteiger partial charge is 0.366 e. The van der Waals surface area contributed by atoms with E-state index in [0.717, 1.165) is 17.8 Å². The molecule has 0 amide bonds. The van der Waals surface area contributed by atoms with E-state index >= 15 is 0 Å². The van der Waals surface area contributed by atoms with Gasteiger partial charge in [0, 0.05) is 19.5 Å². The second-order valence-electron chi connectivity index (χ2n) is 5.64. The predicted octanol–water partition coefficient (Wildman–Crippen LogP) is 2.95. The second-order valence-corrected chi connectivity index (χ2v) is 6.11. The molecule has 0 bridgehead atoms. The Kier molecular flexibility index (Phi) is 3.11. The first-order valence-corrected chi connectivity index (χ1v) is 6.45. The Labute approximate surface area is 100 Å². The molecule has 1 saturated carbocycles. The Morgan fingerprint density at radius 3 is 2.93 bits per heavy atom. The van der Waals surface area contributed by atoms with Gasteiger partial charge < -0.3 is 4.90 Å². The van der Waals surface area contributed by atoms with Gasteiger partial charge in [0.05, 0.1) is 12.8 Å². The number of thiocarbonyl (C=S) groups is 1. The summed E-state index contributed by atoms with van der Waals surface area (Å²) in [5.74, 6) is 0.706. The van der Waals surface area contributed by atoms with Gasteiger partial charge in [-0.3, -0.25) is 0 Å². The van der Waals surface area contributed by atoms with E-state index in [1.165, 1.54) is 25.7 Å². The van der Waals surface area contributed by atoms with Gasteiger partial charge in [-0.2, -0.15) is 0 Å². The summed E-state index contributed by atoms with van der Waals surface area (Å²) in [5.41, 5.74) is 0. The van der Waals surface area contributed by atoms with Crippen LogP contribution in [0.3, 0.4) is 0 Å². The Hall–Kier alpha value is -0.0451. The Bertz CT molecular complexity index is 264. The van der Waals surface area contributed by atoms with Gasteiger partial charge in [0.2, 0.25) is 0 Å². The lowest BCUT2D eigenvalue weighted by molar-refractivity contribution is 0.236. The zero-order valence-electron chi connectivity index (χ0n) is 9.83. The first kappa shape index (κ1) is 11.4. The standard InChI is InChI=1S/C12H20BNS/c1-12(13)6-4-3-5-10-9(8-12)7-11(15)14(10)2/h9-10H,3-8H2,1-2H3/t9-,10?,12?/m0/s1.